The van der Waals surface area contributed by atoms with E-state index in [4.69, 9.17) is 21.6 Å². The third-order valence-corrected chi connectivity index (χ3v) is 2.78. The Morgan fingerprint density at radius 3 is 2.52 bits per heavy atom. The molecule has 0 saturated carbocycles. The van der Waals surface area contributed by atoms with Gasteiger partial charge in [0.05, 0.1) is 17.5 Å². The molecule has 2 aromatic carbocycles. The Hall–Kier alpha value is -2.49. The van der Waals surface area contributed by atoms with Crippen LogP contribution in [0.4, 0.5) is 4.39 Å². The summed E-state index contributed by atoms with van der Waals surface area (Å²) >= 11 is 5.49. The maximum Gasteiger partial charge on any atom is 0.124 e. The highest BCUT2D eigenvalue weighted by Crippen LogP contribution is 2.15. The summed E-state index contributed by atoms with van der Waals surface area (Å²) < 4.78 is 18.8. The molecule has 0 aliphatic carbocycles. The Balaban J connectivity index is 2.03. The normalized spacial score (nSPS) is 9.38. The van der Waals surface area contributed by atoms with Crippen LogP contribution in [-0.4, -0.2) is 5.88 Å². The molecule has 0 radical (unpaired) electrons. The van der Waals surface area contributed by atoms with Crippen molar-refractivity contribution in [2.24, 2.45) is 0 Å². The molecule has 0 fully saturated rings. The summed E-state index contributed by atoms with van der Waals surface area (Å²) in [5.74, 6) is 6.15. The van der Waals surface area contributed by atoms with E-state index < -0.39 is 5.82 Å². The number of hydrogen-bond acceptors (Lipinski definition) is 2. The van der Waals surface area contributed by atoms with Crippen LogP contribution in [0.3, 0.4) is 0 Å². The molecule has 2 aromatic rings. The first kappa shape index (κ1) is 14.9. The maximum atomic E-state index is 13.3. The molecular formula is C17H11ClFNO. The molecule has 0 spiro atoms. The summed E-state index contributed by atoms with van der Waals surface area (Å²) in [6, 6.07) is 13.3. The van der Waals surface area contributed by atoms with Gasteiger partial charge in [0.25, 0.3) is 0 Å². The van der Waals surface area contributed by atoms with Gasteiger partial charge in [-0.15, -0.1) is 11.6 Å². The molecular weight excluding hydrogens is 289 g/mol. The Morgan fingerprint density at radius 2 is 1.86 bits per heavy atom. The standard InChI is InChI=1S/C17H11ClFNO/c18-7-1-2-13-3-5-17(6-4-13)21-12-15-8-14(11-20)9-16(19)10-15/h3-6,8-10H,7,12H2. The summed E-state index contributed by atoms with van der Waals surface area (Å²) in [5, 5.41) is 8.79. The predicted molar refractivity (Wildman–Crippen MR) is 79.5 cm³/mol. The fraction of sp³-hybridized carbons (Fsp3) is 0.118. The van der Waals surface area contributed by atoms with Crippen LogP contribution >= 0.6 is 11.6 Å². The van der Waals surface area contributed by atoms with Crippen molar-refractivity contribution < 1.29 is 9.13 Å². The summed E-state index contributed by atoms with van der Waals surface area (Å²) in [6.45, 7) is 0.194. The van der Waals surface area contributed by atoms with Crippen LogP contribution in [0.25, 0.3) is 0 Å². The minimum Gasteiger partial charge on any atom is -0.489 e. The van der Waals surface area contributed by atoms with Crippen molar-refractivity contribution in [3.05, 3.63) is 65.0 Å². The number of halogens is 2. The fourth-order valence-electron chi connectivity index (χ4n) is 1.73. The molecule has 21 heavy (non-hydrogen) atoms. The van der Waals surface area contributed by atoms with E-state index >= 15 is 0 Å². The molecule has 4 heteroatoms. The molecule has 0 unspecified atom stereocenters. The molecule has 2 nitrogen and oxygen atoms in total. The second-order valence-corrected chi connectivity index (χ2v) is 4.48. The zero-order valence-electron chi connectivity index (χ0n) is 11.1. The third-order valence-electron chi connectivity index (χ3n) is 2.65. The topological polar surface area (TPSA) is 33.0 Å². The van der Waals surface area contributed by atoms with Crippen molar-refractivity contribution in [1.82, 2.24) is 0 Å². The van der Waals surface area contributed by atoms with Crippen molar-refractivity contribution in [3.8, 4) is 23.7 Å². The zero-order valence-corrected chi connectivity index (χ0v) is 11.8. The molecule has 0 heterocycles. The molecule has 2 rings (SSSR count). The van der Waals surface area contributed by atoms with Crippen molar-refractivity contribution in [2.75, 3.05) is 5.88 Å². The first-order valence-electron chi connectivity index (χ1n) is 6.18. The van der Waals surface area contributed by atoms with E-state index in [0.29, 0.717) is 17.2 Å². The SMILES string of the molecule is N#Cc1cc(F)cc(COc2ccc(C#CCCl)cc2)c1. The van der Waals surface area contributed by atoms with E-state index in [2.05, 4.69) is 11.8 Å². The molecule has 0 atom stereocenters. The van der Waals surface area contributed by atoms with Crippen LogP contribution < -0.4 is 4.74 Å². The lowest BCUT2D eigenvalue weighted by Crippen LogP contribution is -1.97. The monoisotopic (exact) mass is 299 g/mol. The Bertz CT molecular complexity index is 723. The average molecular weight is 300 g/mol. The molecule has 0 N–H and O–H groups in total. The maximum absolute atomic E-state index is 13.3. The number of hydrogen-bond donors (Lipinski definition) is 0. The van der Waals surface area contributed by atoms with Gasteiger partial charge < -0.3 is 4.74 Å². The highest BCUT2D eigenvalue weighted by molar-refractivity contribution is 6.19. The number of nitrogens with zero attached hydrogens (tertiary/aromatic N) is 1. The van der Waals surface area contributed by atoms with E-state index in [1.54, 1.807) is 18.2 Å². The number of rotatable bonds is 3. The van der Waals surface area contributed by atoms with E-state index in [9.17, 15) is 4.39 Å². The second-order valence-electron chi connectivity index (χ2n) is 4.21. The molecule has 0 aromatic heterocycles. The smallest absolute Gasteiger partial charge is 0.124 e. The Kier molecular flexibility index (Phi) is 5.21. The largest absolute Gasteiger partial charge is 0.489 e. The van der Waals surface area contributed by atoms with Crippen molar-refractivity contribution in [2.45, 2.75) is 6.61 Å². The van der Waals surface area contributed by atoms with Gasteiger partial charge in [-0.1, -0.05) is 11.8 Å². The van der Waals surface area contributed by atoms with Crippen LogP contribution in [-0.2, 0) is 6.61 Å². The highest BCUT2D eigenvalue weighted by Gasteiger charge is 2.02. The first-order valence-corrected chi connectivity index (χ1v) is 6.72. The number of benzene rings is 2. The van der Waals surface area contributed by atoms with Crippen LogP contribution in [0.15, 0.2) is 42.5 Å². The number of nitriles is 1. The quantitative estimate of drug-likeness (QED) is 0.637. The van der Waals surface area contributed by atoms with Crippen LogP contribution in [0.2, 0.25) is 0 Å². The zero-order chi connectivity index (χ0) is 15.1. The van der Waals surface area contributed by atoms with Crippen LogP contribution in [0, 0.1) is 29.0 Å². The van der Waals surface area contributed by atoms with Crippen LogP contribution in [0.5, 0.6) is 5.75 Å². The predicted octanol–water partition coefficient (Wildman–Crippen LogP) is 3.87. The minimum atomic E-state index is -0.445. The second kappa shape index (κ2) is 7.33. The minimum absolute atomic E-state index is 0.194. The summed E-state index contributed by atoms with van der Waals surface area (Å²) in [7, 11) is 0. The van der Waals surface area contributed by atoms with Gasteiger partial charge in [0.15, 0.2) is 0 Å². The van der Waals surface area contributed by atoms with Gasteiger partial charge in [0.1, 0.15) is 18.2 Å². The number of alkyl halides is 1. The van der Waals surface area contributed by atoms with E-state index in [1.807, 2.05) is 18.2 Å². The van der Waals surface area contributed by atoms with Crippen LogP contribution in [0.1, 0.15) is 16.7 Å². The lowest BCUT2D eigenvalue weighted by molar-refractivity contribution is 0.305. The lowest BCUT2D eigenvalue weighted by atomic mass is 10.1. The third kappa shape index (κ3) is 4.53. The molecule has 0 bridgehead atoms. The fourth-order valence-corrected chi connectivity index (χ4v) is 1.80. The Labute approximate surface area is 127 Å². The van der Waals surface area contributed by atoms with Gasteiger partial charge in [-0.2, -0.15) is 5.26 Å². The van der Waals surface area contributed by atoms with Crippen molar-refractivity contribution in [3.63, 3.8) is 0 Å². The lowest BCUT2D eigenvalue weighted by Gasteiger charge is -2.07. The van der Waals surface area contributed by atoms with E-state index in [0.717, 1.165) is 5.56 Å². The van der Waals surface area contributed by atoms with Crippen molar-refractivity contribution >= 4 is 11.6 Å². The molecule has 0 saturated heterocycles. The first-order chi connectivity index (χ1) is 10.2. The van der Waals surface area contributed by atoms with Crippen molar-refractivity contribution in [1.29, 1.82) is 5.26 Å². The summed E-state index contributed by atoms with van der Waals surface area (Å²) in [4.78, 5) is 0. The molecule has 0 amide bonds. The summed E-state index contributed by atoms with van der Waals surface area (Å²) in [5.41, 5.74) is 1.73. The van der Waals surface area contributed by atoms with Gasteiger partial charge in [0.2, 0.25) is 0 Å². The molecule has 104 valence electrons. The van der Waals surface area contributed by atoms with Gasteiger partial charge in [-0.25, -0.2) is 4.39 Å². The average Bonchev–Trinajstić information content (AvgIpc) is 2.51. The van der Waals surface area contributed by atoms with E-state index in [-0.39, 0.29) is 12.2 Å². The molecule has 0 aliphatic heterocycles. The highest BCUT2D eigenvalue weighted by atomic mass is 35.5. The van der Waals surface area contributed by atoms with E-state index in [1.165, 1.54) is 12.1 Å². The molecule has 0 aliphatic rings. The number of ether oxygens (including phenoxy) is 1. The summed E-state index contributed by atoms with van der Waals surface area (Å²) in [6.07, 6.45) is 0. The van der Waals surface area contributed by atoms with Gasteiger partial charge in [-0.05, 0) is 48.0 Å². The van der Waals surface area contributed by atoms with Gasteiger partial charge >= 0.3 is 0 Å². The Morgan fingerprint density at radius 1 is 1.10 bits per heavy atom. The van der Waals surface area contributed by atoms with Gasteiger partial charge in [0, 0.05) is 5.56 Å². The van der Waals surface area contributed by atoms with Gasteiger partial charge in [-0.3, -0.25) is 0 Å².